The minimum Gasteiger partial charge on any atom is -0.542 e. The predicted octanol–water partition coefficient (Wildman–Crippen LogP) is 1.96. The summed E-state index contributed by atoms with van der Waals surface area (Å²) >= 11 is 0. The number of aldehydes is 1. The van der Waals surface area contributed by atoms with Gasteiger partial charge in [-0.1, -0.05) is 56.4 Å². The minimum atomic E-state index is -0.498. The number of hydrogen-bond donors (Lipinski definition) is 2. The van der Waals surface area contributed by atoms with E-state index in [9.17, 15) is 24.0 Å². The van der Waals surface area contributed by atoms with Crippen molar-refractivity contribution in [2.24, 2.45) is 7.05 Å². The number of fused-ring (bicyclic) bond motifs is 2. The number of aromatic nitrogens is 4. The molecule has 1 aliphatic carbocycles. The molecule has 2 aromatic heterocycles. The molecular weight excluding hydrogens is 733 g/mol. The number of halogens is 1. The Morgan fingerprint density at radius 2 is 1.69 bits per heavy atom. The number of ether oxygens (including phenoxy) is 1. The molecule has 4 aromatic rings. The molecular formula is C40H52FKN7O6-. The van der Waals surface area contributed by atoms with Crippen LogP contribution >= 0.6 is 0 Å². The first-order chi connectivity index (χ1) is 26.2. The van der Waals surface area contributed by atoms with Crippen molar-refractivity contribution in [3.63, 3.8) is 0 Å². The van der Waals surface area contributed by atoms with Gasteiger partial charge in [-0.25, -0.2) is 4.39 Å². The van der Waals surface area contributed by atoms with Gasteiger partial charge in [0.15, 0.2) is 5.82 Å². The van der Waals surface area contributed by atoms with Crippen LogP contribution in [-0.2, 0) is 42.3 Å². The quantitative estimate of drug-likeness (QED) is 0.133. The van der Waals surface area contributed by atoms with Gasteiger partial charge >= 0.3 is 51.4 Å². The molecule has 0 atom stereocenters. The van der Waals surface area contributed by atoms with Crippen LogP contribution in [0.2, 0.25) is 0 Å². The van der Waals surface area contributed by atoms with Crippen LogP contribution in [0.5, 0.6) is 0 Å². The van der Waals surface area contributed by atoms with Crippen LogP contribution in [0, 0.1) is 12.2 Å². The SMILES string of the molecule is COC.Cn1ncc2ccc(-c3cccc4c3c(C3CCN(C(=O)CC[C-]=O)CC3)nn4CC(=O)NCC(=O)NCC=O)c(F)c21.[CH-]1CCCCCCC1.[K+]. The van der Waals surface area contributed by atoms with Crippen molar-refractivity contribution in [1.29, 1.82) is 0 Å². The standard InChI is InChI=1S/C30H31FN7O5.C8H15.C2H6O.K/c1-36-30-20(16-34-36)7-8-22(28(30)31)21-4-2-5-23-27(21)29(19-9-12-37(13-10-19)26(43)6-3-14-39)35-38(23)18-25(42)33-17-24(41)32-11-15-40;1-2-4-6-8-7-5-3-1;1-3-2;/h2,4-5,7-8,15-16,19H,3,6,9-13,17-18H2,1H3,(H,32,41)(H,33,42);1H,2-8H2;1-2H3;/q2*-1;;+1. The maximum atomic E-state index is 16.0. The minimum absolute atomic E-state index is 0. The zero-order valence-electron chi connectivity index (χ0n) is 32.6. The topological polar surface area (TPSA) is 158 Å². The fraction of sp³-hybridized carbons (Fsp3) is 0.500. The van der Waals surface area contributed by atoms with Crippen molar-refractivity contribution in [1.82, 2.24) is 35.1 Å². The van der Waals surface area contributed by atoms with E-state index in [0.717, 1.165) is 0 Å². The fourth-order valence-electron chi connectivity index (χ4n) is 6.88. The van der Waals surface area contributed by atoms with Crippen LogP contribution in [0.4, 0.5) is 4.39 Å². The van der Waals surface area contributed by atoms with E-state index in [0.29, 0.717) is 70.8 Å². The largest absolute Gasteiger partial charge is 1.00 e. The van der Waals surface area contributed by atoms with Gasteiger partial charge in [-0.05, 0) is 24.5 Å². The molecule has 15 heteroatoms. The van der Waals surface area contributed by atoms with E-state index in [1.165, 1.54) is 49.6 Å². The number of nitrogens with one attached hydrogen (secondary N) is 2. The van der Waals surface area contributed by atoms with E-state index in [1.54, 1.807) is 55.5 Å². The van der Waals surface area contributed by atoms with Crippen LogP contribution in [-0.4, -0.2) is 95.2 Å². The first-order valence-electron chi connectivity index (χ1n) is 18.7. The maximum Gasteiger partial charge on any atom is 1.00 e. The number of carbonyl (C=O) groups is 4. The zero-order valence-corrected chi connectivity index (χ0v) is 35.7. The van der Waals surface area contributed by atoms with E-state index < -0.39 is 17.6 Å². The molecule has 1 saturated heterocycles. The maximum absolute atomic E-state index is 16.0. The Bertz CT molecular complexity index is 1850. The van der Waals surface area contributed by atoms with Crippen molar-refractivity contribution < 1.29 is 84.5 Å². The van der Waals surface area contributed by atoms with Crippen molar-refractivity contribution in [2.75, 3.05) is 40.4 Å². The second kappa shape index (κ2) is 24.3. The molecule has 3 heterocycles. The molecule has 2 fully saturated rings. The predicted molar refractivity (Wildman–Crippen MR) is 205 cm³/mol. The number of aryl methyl sites for hydroxylation is 1. The van der Waals surface area contributed by atoms with Gasteiger partial charge in [0.25, 0.3) is 0 Å². The number of amides is 3. The summed E-state index contributed by atoms with van der Waals surface area (Å²) in [6, 6.07) is 8.94. The first kappa shape index (κ1) is 46.0. The van der Waals surface area contributed by atoms with Gasteiger partial charge in [0.1, 0.15) is 18.3 Å². The average Bonchev–Trinajstić information content (AvgIpc) is 3.73. The summed E-state index contributed by atoms with van der Waals surface area (Å²) in [5.41, 5.74) is 2.68. The molecule has 1 aliphatic heterocycles. The number of piperidine rings is 1. The number of rotatable bonds is 11. The fourth-order valence-corrected chi connectivity index (χ4v) is 6.88. The Morgan fingerprint density at radius 1 is 1.00 bits per heavy atom. The van der Waals surface area contributed by atoms with E-state index in [1.807, 2.05) is 18.2 Å². The smallest absolute Gasteiger partial charge is 0.542 e. The van der Waals surface area contributed by atoms with Gasteiger partial charge < -0.3 is 36.3 Å². The third kappa shape index (κ3) is 13.1. The van der Waals surface area contributed by atoms with E-state index in [4.69, 9.17) is 5.10 Å². The average molecular weight is 785 g/mol. The molecule has 292 valence electrons. The molecule has 0 bridgehead atoms. The Morgan fingerprint density at radius 3 is 2.36 bits per heavy atom. The monoisotopic (exact) mass is 784 g/mol. The summed E-state index contributed by atoms with van der Waals surface area (Å²) in [5.74, 6) is -1.56. The van der Waals surface area contributed by atoms with Crippen molar-refractivity contribution >= 4 is 52.1 Å². The molecule has 0 unspecified atom stereocenters. The van der Waals surface area contributed by atoms with Gasteiger partial charge in [0.05, 0.1) is 30.5 Å². The number of methoxy groups -OCH3 is 1. The molecule has 2 aliphatic rings. The third-order valence-electron chi connectivity index (χ3n) is 9.55. The van der Waals surface area contributed by atoms with Gasteiger partial charge in [-0.2, -0.15) is 23.0 Å². The molecule has 0 spiro atoms. The van der Waals surface area contributed by atoms with E-state index in [-0.39, 0.29) is 95.7 Å². The van der Waals surface area contributed by atoms with Gasteiger partial charge in [-0.15, -0.1) is 6.42 Å². The molecule has 2 aromatic carbocycles. The van der Waals surface area contributed by atoms with Crippen LogP contribution in [0.1, 0.15) is 82.2 Å². The number of benzene rings is 2. The summed E-state index contributed by atoms with van der Waals surface area (Å²) in [7, 11) is 4.93. The first-order valence-corrected chi connectivity index (χ1v) is 18.7. The van der Waals surface area contributed by atoms with Crippen LogP contribution in [0.3, 0.4) is 0 Å². The molecule has 2 N–H and O–H groups in total. The van der Waals surface area contributed by atoms with Crippen LogP contribution in [0.25, 0.3) is 32.9 Å². The summed E-state index contributed by atoms with van der Waals surface area (Å²) in [5, 5.41) is 15.3. The molecule has 6 rings (SSSR count). The van der Waals surface area contributed by atoms with Crippen molar-refractivity contribution in [3.05, 3.63) is 54.5 Å². The van der Waals surface area contributed by atoms with Crippen LogP contribution in [0.15, 0.2) is 36.5 Å². The Hall–Kier alpha value is -3.34. The molecule has 13 nitrogen and oxygen atoms in total. The Balaban J connectivity index is 0.000000588. The molecule has 3 amide bonds. The number of hydrogen-bond acceptors (Lipinski definition) is 8. The van der Waals surface area contributed by atoms with Crippen molar-refractivity contribution in [3.8, 4) is 11.1 Å². The van der Waals surface area contributed by atoms with Crippen LogP contribution < -0.4 is 62.0 Å². The van der Waals surface area contributed by atoms with Gasteiger partial charge in [-0.3, -0.25) is 30.0 Å². The third-order valence-corrected chi connectivity index (χ3v) is 9.55. The number of carbonyl (C=O) groups excluding carboxylic acids is 5. The zero-order chi connectivity index (χ0) is 38.9. The molecule has 0 radical (unpaired) electrons. The molecule has 55 heavy (non-hydrogen) atoms. The Labute approximate surface area is 364 Å². The van der Waals surface area contributed by atoms with Gasteiger partial charge in [0, 0.05) is 63.0 Å². The number of nitrogens with zero attached hydrogens (tertiary/aromatic N) is 5. The Kier molecular flexibility index (Phi) is 20.4. The molecule has 1 saturated carbocycles. The van der Waals surface area contributed by atoms with Gasteiger partial charge in [0.2, 0.25) is 17.7 Å². The normalized spacial score (nSPS) is 14.6. The summed E-state index contributed by atoms with van der Waals surface area (Å²) < 4.78 is 23.3. The van der Waals surface area contributed by atoms with Crippen molar-refractivity contribution in [2.45, 2.75) is 83.1 Å². The second-order valence-corrected chi connectivity index (χ2v) is 13.5. The second-order valence-electron chi connectivity index (χ2n) is 13.5. The summed E-state index contributed by atoms with van der Waals surface area (Å²) in [6.45, 7) is 0.318. The van der Waals surface area contributed by atoms with E-state index >= 15 is 4.39 Å². The van der Waals surface area contributed by atoms with E-state index in [2.05, 4.69) is 26.9 Å². The number of likely N-dealkylation sites (tertiary alicyclic amines) is 1. The summed E-state index contributed by atoms with van der Waals surface area (Å²) in [4.78, 5) is 60.0. The summed E-state index contributed by atoms with van der Waals surface area (Å²) in [6.07, 6.45) is 17.8.